The molecule has 5 heteroatoms. The number of rotatable bonds is 5. The third-order valence-electron chi connectivity index (χ3n) is 5.44. The SMILES string of the molecule is COC(=O)[C@@H]1CC12CCN(C(=O)Cc1ccc(SC(C)C)cc1)CC2. The summed E-state index contributed by atoms with van der Waals surface area (Å²) < 4.78 is 4.87. The smallest absolute Gasteiger partial charge is 0.309 e. The molecule has 1 saturated carbocycles. The summed E-state index contributed by atoms with van der Waals surface area (Å²) in [5.74, 6) is 0.161. The van der Waals surface area contributed by atoms with Gasteiger partial charge in [0, 0.05) is 23.2 Å². The fourth-order valence-corrected chi connectivity index (χ4v) is 4.66. The summed E-state index contributed by atoms with van der Waals surface area (Å²) in [6, 6.07) is 8.32. The van der Waals surface area contributed by atoms with Crippen molar-refractivity contribution in [2.75, 3.05) is 20.2 Å². The van der Waals surface area contributed by atoms with Gasteiger partial charge < -0.3 is 9.64 Å². The Hall–Kier alpha value is -1.49. The van der Waals surface area contributed by atoms with E-state index in [1.54, 1.807) is 0 Å². The first kappa shape index (κ1) is 18.3. The number of amides is 1. The lowest BCUT2D eigenvalue weighted by Crippen LogP contribution is -2.40. The Bertz CT molecular complexity index is 633. The largest absolute Gasteiger partial charge is 0.469 e. The van der Waals surface area contributed by atoms with E-state index in [0.29, 0.717) is 11.7 Å². The molecule has 1 amide bonds. The number of carbonyl (C=O) groups is 2. The van der Waals surface area contributed by atoms with E-state index < -0.39 is 0 Å². The maximum absolute atomic E-state index is 12.6. The molecule has 4 nitrogen and oxygen atoms in total. The molecule has 1 aromatic rings. The van der Waals surface area contributed by atoms with Crippen LogP contribution in [0, 0.1) is 11.3 Å². The van der Waals surface area contributed by atoms with Crippen molar-refractivity contribution in [2.45, 2.75) is 49.7 Å². The van der Waals surface area contributed by atoms with Crippen LogP contribution in [-0.4, -0.2) is 42.2 Å². The van der Waals surface area contributed by atoms with Crippen LogP contribution in [0.5, 0.6) is 0 Å². The predicted molar refractivity (Wildman–Crippen MR) is 99.5 cm³/mol. The molecule has 1 atom stereocenters. The zero-order chi connectivity index (χ0) is 18.0. The first-order chi connectivity index (χ1) is 11.9. The molecule has 2 fully saturated rings. The first-order valence-electron chi connectivity index (χ1n) is 9.05. The minimum atomic E-state index is -0.0841. The van der Waals surface area contributed by atoms with E-state index in [4.69, 9.17) is 4.74 Å². The molecule has 136 valence electrons. The third-order valence-corrected chi connectivity index (χ3v) is 6.45. The number of thioether (sulfide) groups is 1. The lowest BCUT2D eigenvalue weighted by molar-refractivity contribution is -0.143. The van der Waals surface area contributed by atoms with Crippen molar-refractivity contribution in [3.8, 4) is 0 Å². The number of hydrogen-bond acceptors (Lipinski definition) is 4. The summed E-state index contributed by atoms with van der Waals surface area (Å²) >= 11 is 1.83. The number of hydrogen-bond donors (Lipinski definition) is 0. The van der Waals surface area contributed by atoms with Gasteiger partial charge in [-0.05, 0) is 42.4 Å². The Labute approximate surface area is 154 Å². The minimum Gasteiger partial charge on any atom is -0.469 e. The van der Waals surface area contributed by atoms with Crippen molar-refractivity contribution < 1.29 is 14.3 Å². The molecule has 1 aliphatic heterocycles. The van der Waals surface area contributed by atoms with E-state index in [-0.39, 0.29) is 23.2 Å². The van der Waals surface area contributed by atoms with Gasteiger partial charge in [-0.15, -0.1) is 11.8 Å². The van der Waals surface area contributed by atoms with E-state index in [9.17, 15) is 9.59 Å². The number of ether oxygens (including phenoxy) is 1. The number of carbonyl (C=O) groups excluding carboxylic acids is 2. The quantitative estimate of drug-likeness (QED) is 0.595. The van der Waals surface area contributed by atoms with E-state index in [2.05, 4.69) is 38.1 Å². The highest BCUT2D eigenvalue weighted by atomic mass is 32.2. The second kappa shape index (κ2) is 7.40. The molecule has 1 saturated heterocycles. The first-order valence-corrected chi connectivity index (χ1v) is 9.93. The second-order valence-electron chi connectivity index (χ2n) is 7.51. The fraction of sp³-hybridized carbons (Fsp3) is 0.600. The molecule has 0 unspecified atom stereocenters. The summed E-state index contributed by atoms with van der Waals surface area (Å²) in [4.78, 5) is 27.5. The van der Waals surface area contributed by atoms with Gasteiger partial charge in [0.1, 0.15) is 0 Å². The standard InChI is InChI=1S/C20H27NO3S/c1-14(2)25-16-6-4-15(5-7-16)12-18(22)21-10-8-20(9-11-21)13-17(20)19(23)24-3/h4-7,14,17H,8-13H2,1-3H3/t17-/m0/s1. The van der Waals surface area contributed by atoms with E-state index in [1.165, 1.54) is 12.0 Å². The molecule has 0 aromatic heterocycles. The minimum absolute atomic E-state index is 0.0563. The van der Waals surface area contributed by atoms with Crippen LogP contribution in [0.2, 0.25) is 0 Å². The van der Waals surface area contributed by atoms with Gasteiger partial charge in [-0.25, -0.2) is 0 Å². The number of piperidine rings is 1. The van der Waals surface area contributed by atoms with Crippen LogP contribution < -0.4 is 0 Å². The summed E-state index contributed by atoms with van der Waals surface area (Å²) in [5.41, 5.74) is 1.18. The molecule has 2 aliphatic rings. The molecule has 0 bridgehead atoms. The number of likely N-dealkylation sites (tertiary alicyclic amines) is 1. The summed E-state index contributed by atoms with van der Waals surface area (Å²) in [7, 11) is 1.46. The second-order valence-corrected chi connectivity index (χ2v) is 9.16. The van der Waals surface area contributed by atoms with Gasteiger partial charge in [0.05, 0.1) is 19.4 Å². The maximum Gasteiger partial charge on any atom is 0.309 e. The lowest BCUT2D eigenvalue weighted by atomic mass is 9.90. The van der Waals surface area contributed by atoms with Crippen LogP contribution in [0.15, 0.2) is 29.2 Å². The van der Waals surface area contributed by atoms with Gasteiger partial charge >= 0.3 is 5.97 Å². The third kappa shape index (κ3) is 4.20. The number of benzene rings is 1. The van der Waals surface area contributed by atoms with Gasteiger partial charge in [0.15, 0.2) is 0 Å². The molecule has 1 aromatic carbocycles. The summed E-state index contributed by atoms with van der Waals surface area (Å²) in [5, 5.41) is 0.560. The lowest BCUT2D eigenvalue weighted by Gasteiger charge is -2.32. The van der Waals surface area contributed by atoms with Crippen molar-refractivity contribution in [1.82, 2.24) is 4.90 Å². The highest BCUT2D eigenvalue weighted by molar-refractivity contribution is 7.99. The van der Waals surface area contributed by atoms with E-state index in [0.717, 1.165) is 37.9 Å². The molecule has 0 N–H and O–H groups in total. The zero-order valence-electron chi connectivity index (χ0n) is 15.3. The molecule has 25 heavy (non-hydrogen) atoms. The zero-order valence-corrected chi connectivity index (χ0v) is 16.1. The van der Waals surface area contributed by atoms with Crippen LogP contribution in [0.3, 0.4) is 0 Å². The topological polar surface area (TPSA) is 46.6 Å². The molecule has 1 heterocycles. The van der Waals surface area contributed by atoms with Crippen molar-refractivity contribution in [2.24, 2.45) is 11.3 Å². The van der Waals surface area contributed by atoms with Gasteiger partial charge in [0.25, 0.3) is 0 Å². The van der Waals surface area contributed by atoms with Gasteiger partial charge in [-0.1, -0.05) is 26.0 Å². The Morgan fingerprint density at radius 3 is 2.44 bits per heavy atom. The molecule has 3 rings (SSSR count). The van der Waals surface area contributed by atoms with Crippen LogP contribution in [0.1, 0.15) is 38.7 Å². The van der Waals surface area contributed by atoms with Crippen LogP contribution >= 0.6 is 11.8 Å². The van der Waals surface area contributed by atoms with Gasteiger partial charge in [-0.2, -0.15) is 0 Å². The van der Waals surface area contributed by atoms with Crippen molar-refractivity contribution in [3.63, 3.8) is 0 Å². The van der Waals surface area contributed by atoms with Crippen LogP contribution in [-0.2, 0) is 20.7 Å². The van der Waals surface area contributed by atoms with E-state index in [1.807, 2.05) is 16.7 Å². The van der Waals surface area contributed by atoms with Crippen LogP contribution in [0.25, 0.3) is 0 Å². The summed E-state index contributed by atoms with van der Waals surface area (Å²) in [6.45, 7) is 5.87. The van der Waals surface area contributed by atoms with Crippen molar-refractivity contribution in [3.05, 3.63) is 29.8 Å². The molecular weight excluding hydrogens is 334 g/mol. The average molecular weight is 362 g/mol. The number of nitrogens with zero attached hydrogens (tertiary/aromatic N) is 1. The van der Waals surface area contributed by atoms with E-state index >= 15 is 0 Å². The average Bonchev–Trinajstić information content (AvgIpc) is 3.29. The Kier molecular flexibility index (Phi) is 5.42. The highest BCUT2D eigenvalue weighted by Crippen LogP contribution is 2.59. The Morgan fingerprint density at radius 2 is 1.88 bits per heavy atom. The maximum atomic E-state index is 12.6. The predicted octanol–water partition coefficient (Wildman–Crippen LogP) is 3.53. The van der Waals surface area contributed by atoms with Gasteiger partial charge in [0.2, 0.25) is 5.91 Å². The Balaban J connectivity index is 1.49. The molecule has 1 aliphatic carbocycles. The van der Waals surface area contributed by atoms with Crippen molar-refractivity contribution >= 4 is 23.6 Å². The fourth-order valence-electron chi connectivity index (χ4n) is 3.82. The van der Waals surface area contributed by atoms with Gasteiger partial charge in [-0.3, -0.25) is 9.59 Å². The number of esters is 1. The van der Waals surface area contributed by atoms with Crippen LogP contribution in [0.4, 0.5) is 0 Å². The highest BCUT2D eigenvalue weighted by Gasteiger charge is 2.59. The van der Waals surface area contributed by atoms with Crippen molar-refractivity contribution in [1.29, 1.82) is 0 Å². The molecule has 0 radical (unpaired) electrons. The normalized spacial score (nSPS) is 21.4. The Morgan fingerprint density at radius 1 is 1.24 bits per heavy atom. The monoisotopic (exact) mass is 361 g/mol. The molecular formula is C20H27NO3S. The summed E-state index contributed by atoms with van der Waals surface area (Å²) in [6.07, 6.45) is 3.22. The molecule has 1 spiro atoms. The number of methoxy groups -OCH3 is 1.